The summed E-state index contributed by atoms with van der Waals surface area (Å²) in [7, 11) is 0. The summed E-state index contributed by atoms with van der Waals surface area (Å²) in [6.45, 7) is 22.6. The molecular weight excluding hydrogens is 1870 g/mol. The number of alkyl halides is 1. The number of carboxylic acid groups (broad SMARTS) is 1. The number of carbonyl (C=O) groups excluding carboxylic acids is 4. The number of likely N-dealkylation sites (tertiary alicyclic amines) is 1. The lowest BCUT2D eigenvalue weighted by Crippen LogP contribution is -2.56. The van der Waals surface area contributed by atoms with Crippen LogP contribution in [0.3, 0.4) is 0 Å². The molecule has 2 fully saturated rings. The molecule has 3 aromatic heterocycles. The van der Waals surface area contributed by atoms with Gasteiger partial charge in [0, 0.05) is 90.8 Å². The molecule has 2 saturated heterocycles. The molecule has 18 rings (SSSR count). The third-order valence-corrected chi connectivity index (χ3v) is 26.3. The predicted octanol–water partition coefficient (Wildman–Crippen LogP) is 19.3. The Kier molecular flexibility index (Phi) is 47.0. The first-order chi connectivity index (χ1) is 68.9. The van der Waals surface area contributed by atoms with E-state index in [0.717, 1.165) is 151 Å². The van der Waals surface area contributed by atoms with Gasteiger partial charge in [0.15, 0.2) is 5.84 Å². The number of Topliss-reactive ketones (excluding diaryl/α,β-unsaturated/α-hetero) is 3. The van der Waals surface area contributed by atoms with Crippen LogP contribution in [0.15, 0.2) is 298 Å². The minimum absolute atomic E-state index is 0. The molecule has 11 aromatic rings. The van der Waals surface area contributed by atoms with E-state index in [1.807, 2.05) is 226 Å². The first-order valence-corrected chi connectivity index (χ1v) is 50.1. The zero-order chi connectivity index (χ0) is 101. The number of imidazole rings is 3. The van der Waals surface area contributed by atoms with Crippen LogP contribution in [0.25, 0.3) is 17.1 Å². The van der Waals surface area contributed by atoms with Gasteiger partial charge in [0.25, 0.3) is 5.91 Å². The average molecular weight is 2010 g/mol. The van der Waals surface area contributed by atoms with E-state index in [0.29, 0.717) is 62.6 Å². The van der Waals surface area contributed by atoms with Crippen molar-refractivity contribution in [2.45, 2.75) is 222 Å². The van der Waals surface area contributed by atoms with Crippen LogP contribution in [0.5, 0.6) is 0 Å². The molecule has 27 heteroatoms. The molecule has 0 saturated carbocycles. The van der Waals surface area contributed by atoms with Crippen LogP contribution >= 0.6 is 15.9 Å². The number of aromatic carboxylic acids is 1. The van der Waals surface area contributed by atoms with Crippen LogP contribution in [0.2, 0.25) is 0 Å². The Morgan fingerprint density at radius 3 is 1.32 bits per heavy atom. The average Bonchev–Trinajstić information content (AvgIpc) is 1.46. The number of amidine groups is 1. The van der Waals surface area contributed by atoms with E-state index in [4.69, 9.17) is 33.6 Å². The summed E-state index contributed by atoms with van der Waals surface area (Å²) in [6, 6.07) is 67.6. The number of aliphatic hydroxyl groups excluding tert-OH is 4. The van der Waals surface area contributed by atoms with Gasteiger partial charge in [-0.3, -0.25) is 19.2 Å². The van der Waals surface area contributed by atoms with E-state index in [2.05, 4.69) is 131 Å². The minimum Gasteiger partial charge on any atom is -0.478 e. The number of ketones is 3. The van der Waals surface area contributed by atoms with E-state index >= 15 is 0 Å². The number of hydrogen-bond donors (Lipinski definition) is 6. The summed E-state index contributed by atoms with van der Waals surface area (Å²) in [5, 5.41) is 54.7. The van der Waals surface area contributed by atoms with Crippen LogP contribution in [0, 0.1) is 59.3 Å². The number of ether oxygens (including phenoxy) is 5. The largest absolute Gasteiger partial charge is 0.478 e. The molecular formula is C116H143BrN10O16. The van der Waals surface area contributed by atoms with Crippen molar-refractivity contribution < 1.29 is 78.0 Å². The van der Waals surface area contributed by atoms with Gasteiger partial charge < -0.3 is 82.9 Å². The van der Waals surface area contributed by atoms with Crippen molar-refractivity contribution in [2.75, 3.05) is 51.4 Å². The second kappa shape index (κ2) is 59.7. The van der Waals surface area contributed by atoms with Crippen molar-refractivity contribution in [3.63, 3.8) is 0 Å². The van der Waals surface area contributed by atoms with Crippen molar-refractivity contribution in [3.8, 4) is 17.1 Å². The molecule has 143 heavy (non-hydrogen) atoms. The van der Waals surface area contributed by atoms with Crippen molar-refractivity contribution >= 4 is 51.0 Å². The number of aryl methyl sites for hydroxylation is 6. The lowest BCUT2D eigenvalue weighted by Gasteiger charge is -2.44. The molecule has 0 radical (unpaired) electrons. The van der Waals surface area contributed by atoms with Gasteiger partial charge in [0.1, 0.15) is 24.0 Å². The number of nitrogens with one attached hydrogen (secondary N) is 1. The highest BCUT2D eigenvalue weighted by molar-refractivity contribution is 9.09. The molecule has 12 unspecified atom stereocenters. The summed E-state index contributed by atoms with van der Waals surface area (Å²) in [5.41, 5.74) is 16.8. The van der Waals surface area contributed by atoms with Gasteiger partial charge >= 0.3 is 5.97 Å². The van der Waals surface area contributed by atoms with Gasteiger partial charge in [-0.05, 0) is 226 Å². The molecule has 3 aliphatic carbocycles. The Morgan fingerprint density at radius 1 is 0.462 bits per heavy atom. The highest BCUT2D eigenvalue weighted by Gasteiger charge is 2.39. The molecule has 1 amide bonds. The smallest absolute Gasteiger partial charge is 0.335 e. The van der Waals surface area contributed by atoms with Crippen molar-refractivity contribution in [1.29, 1.82) is 0 Å². The van der Waals surface area contributed by atoms with Gasteiger partial charge in [-0.2, -0.15) is 0 Å². The number of benzene rings is 8. The fraction of sp³-hybridized carbons (Fsp3) is 0.388. The van der Waals surface area contributed by atoms with Crippen molar-refractivity contribution in [1.82, 2.24) is 43.8 Å². The van der Waals surface area contributed by atoms with E-state index in [1.54, 1.807) is 48.8 Å². The highest BCUT2D eigenvalue weighted by Crippen LogP contribution is 2.32. The number of nitrogens with zero attached hydrogens (tertiary/aromatic N) is 9. The maximum absolute atomic E-state index is 13.3. The number of allylic oxidation sites excluding steroid dienone is 3. The van der Waals surface area contributed by atoms with E-state index in [1.165, 1.54) is 30.5 Å². The van der Waals surface area contributed by atoms with Crippen LogP contribution in [0.4, 0.5) is 0 Å². The van der Waals surface area contributed by atoms with Gasteiger partial charge in [0.05, 0.1) is 148 Å². The standard InChI is InChI=1S/C25H28N4O2.C25H29N3O3.C15H18O2.C14H18O2.C13H17NO2.C12H12N2O2.C8H12O2.C3H5BrO.CH4/c1-18-13-21(10-11-22(18)28-14-19(2)26-17-28)25-27-31-16-23-24(9-6-12-29(23)25)30-15-20-7-4-3-5-8-20;1-18-13-21(10-11-22(18)27-14-19(2)26-17-27)25(30)28-12-6-9-24(23(28)15-29)31-16-20-7-4-3-5-8-20;1-12(16)14-9-5-6-10-15(14)17-11-13-7-3-2-4-8-13;15-10-13-8-4-5-9-14(13)16-11-12-6-2-1-3-7-12;15-9-12-13(7-4-8-14-12)16-10-11-5-2-1-3-6-11;1-8-5-10(12(15)16)3-4-11(8)14-6-9(2)13-7-14;1-6(9)7-4-2-3-5-8(7)10;1-3(5)2-4;/h3-5,7-8,10-11,13-14,17,23-24H,6,9,12,15-16H2,1-2H3;3-5,7-8,10-11,13-14,17,23-24,29H,6,9,12,15-16H2,1-2H3;2-4,6-8,10,14-15H,5,9,11H2,1H3;1-3,5-7,9,13-15H,4,8,10-11H2;1-7,12-15H,8-10H2;3-7H,1-2H3,(H,15,16);3,5,7-8,10H,2,4H2,1H3;2H2,1H3;1H4. The number of hydrogen-bond acceptors (Lipinski definition) is 21. The topological polar surface area (TPSA) is 326 Å². The first kappa shape index (κ1) is 113. The maximum Gasteiger partial charge on any atom is 0.335 e. The fourth-order valence-corrected chi connectivity index (χ4v) is 17.7. The zero-order valence-electron chi connectivity index (χ0n) is 83.0. The SMILES string of the molecule is C.CC(=O)C1CCC=CC1O.CC(=O)C1CCC=CC1OCc1ccccc1.CC(=O)CBr.Cc1cn(-c2ccc(C(=O)N3CCCC(OCc4ccccc4)C3CO)cc2C)cn1.Cc1cn(-c2ccc(C(=O)O)cc2C)cn1.Cc1cn(-c2ccc(C3=NOCC4C(OCc5ccccc5)CCCN34)cc2C)cn1.OCC1CCC=CC1OCc1ccccc1.OCC1NCC=CC1OCc1ccccc1. The summed E-state index contributed by atoms with van der Waals surface area (Å²) in [6.07, 6.45) is 36.2. The number of piperidine rings is 2. The molecule has 12 atom stereocenters. The zero-order valence-corrected chi connectivity index (χ0v) is 84.6. The highest BCUT2D eigenvalue weighted by atomic mass is 79.9. The number of carbonyl (C=O) groups is 5. The number of aromatic nitrogens is 6. The second-order valence-corrected chi connectivity index (χ2v) is 36.9. The third kappa shape index (κ3) is 35.3. The minimum atomic E-state index is -0.906. The van der Waals surface area contributed by atoms with E-state index in [9.17, 15) is 44.4 Å². The molecule has 8 aromatic carbocycles. The molecule has 7 heterocycles. The summed E-state index contributed by atoms with van der Waals surface area (Å²) < 4.78 is 35.8. The number of aliphatic hydroxyl groups is 4. The fourth-order valence-electron chi connectivity index (χ4n) is 17.7. The lowest BCUT2D eigenvalue weighted by molar-refractivity contribution is -0.125. The molecule has 4 aliphatic heterocycles. The van der Waals surface area contributed by atoms with Crippen molar-refractivity contribution in [2.24, 2.45) is 22.9 Å². The van der Waals surface area contributed by atoms with Gasteiger partial charge in [-0.15, -0.1) is 0 Å². The molecule has 0 bridgehead atoms. The lowest BCUT2D eigenvalue weighted by atomic mass is 9.88. The van der Waals surface area contributed by atoms with Crippen LogP contribution in [0.1, 0.15) is 180 Å². The Morgan fingerprint density at radius 2 is 0.881 bits per heavy atom. The Balaban J connectivity index is 0.000000175. The van der Waals surface area contributed by atoms with Crippen molar-refractivity contribution in [3.05, 3.63) is 371 Å². The van der Waals surface area contributed by atoms with Gasteiger partial charge in [0.2, 0.25) is 0 Å². The monoisotopic (exact) mass is 2010 g/mol. The number of rotatable bonds is 27. The first-order valence-electron chi connectivity index (χ1n) is 49.0. The van der Waals surface area contributed by atoms with Crippen LogP contribution in [-0.2, 0) is 75.9 Å². The Hall–Kier alpha value is -12.4. The Labute approximate surface area is 851 Å². The number of carboxylic acids is 1. The second-order valence-electron chi connectivity index (χ2n) is 36.4. The Bertz CT molecular complexity index is 5760. The quantitative estimate of drug-likeness (QED) is 0.0206. The molecule has 7 aliphatic rings. The van der Waals surface area contributed by atoms with Crippen LogP contribution in [-0.4, -0.2) is 205 Å². The molecule has 6 N–H and O–H groups in total. The number of fused-ring (bicyclic) bond motifs is 1. The molecule has 26 nitrogen and oxygen atoms in total. The predicted molar refractivity (Wildman–Crippen MR) is 564 cm³/mol. The molecule has 760 valence electrons. The summed E-state index contributed by atoms with van der Waals surface area (Å²) in [4.78, 5) is 78.8. The molecule has 0 spiro atoms. The third-order valence-electron chi connectivity index (χ3n) is 25.5. The van der Waals surface area contributed by atoms with Gasteiger partial charge in [-0.25, -0.2) is 19.7 Å². The summed E-state index contributed by atoms with van der Waals surface area (Å²) >= 11 is 2.96. The maximum atomic E-state index is 13.3. The summed E-state index contributed by atoms with van der Waals surface area (Å²) in [5.74, 6) is 0.567. The van der Waals surface area contributed by atoms with E-state index < -0.39 is 12.1 Å². The number of oxime groups is 1. The number of halogens is 1. The van der Waals surface area contributed by atoms with Crippen LogP contribution < -0.4 is 5.32 Å². The normalized spacial score (nSPS) is 20.6. The van der Waals surface area contributed by atoms with Gasteiger partial charge in [-0.1, -0.05) is 229 Å². The van der Waals surface area contributed by atoms with E-state index in [-0.39, 0.29) is 117 Å². The number of amides is 1.